The first-order chi connectivity index (χ1) is 9.64. The minimum atomic E-state index is 0.153. The van der Waals surface area contributed by atoms with Gasteiger partial charge in [-0.25, -0.2) is 0 Å². The van der Waals surface area contributed by atoms with Crippen molar-refractivity contribution in [2.75, 3.05) is 6.54 Å². The van der Waals surface area contributed by atoms with E-state index in [4.69, 9.17) is 11.6 Å². The lowest BCUT2D eigenvalue weighted by Crippen LogP contribution is -2.40. The quantitative estimate of drug-likeness (QED) is 0.816. The molecule has 0 saturated heterocycles. The molecule has 0 saturated carbocycles. The molecule has 0 aromatic carbocycles. The molecule has 1 aromatic rings. The minimum absolute atomic E-state index is 0.153. The van der Waals surface area contributed by atoms with Gasteiger partial charge >= 0.3 is 0 Å². The van der Waals surface area contributed by atoms with Gasteiger partial charge in [-0.1, -0.05) is 32.4 Å². The molecule has 122 valence electrons. The third-order valence-electron chi connectivity index (χ3n) is 3.71. The zero-order valence-electron chi connectivity index (χ0n) is 14.8. The highest BCUT2D eigenvalue weighted by Gasteiger charge is 2.20. The van der Waals surface area contributed by atoms with Crippen molar-refractivity contribution in [2.45, 2.75) is 66.3 Å². The van der Waals surface area contributed by atoms with E-state index in [0.29, 0.717) is 11.8 Å². The Bertz CT molecular complexity index is 444. The lowest BCUT2D eigenvalue weighted by molar-refractivity contribution is 0.327. The van der Waals surface area contributed by atoms with Crippen LogP contribution in [-0.4, -0.2) is 21.9 Å². The topological polar surface area (TPSA) is 29.9 Å². The van der Waals surface area contributed by atoms with E-state index in [1.165, 1.54) is 12.1 Å². The van der Waals surface area contributed by atoms with Gasteiger partial charge in [0.25, 0.3) is 0 Å². The SMILES string of the molecule is CCc1nn(C)c(CC(CNC(C)(C)C)CC(C)C)c1Cl. The molecule has 1 atom stereocenters. The Hall–Kier alpha value is -0.540. The van der Waals surface area contributed by atoms with Gasteiger partial charge in [-0.3, -0.25) is 4.68 Å². The molecule has 0 aliphatic carbocycles. The Kier molecular flexibility index (Phi) is 6.73. The number of hydrogen-bond acceptors (Lipinski definition) is 2. The molecule has 1 N–H and O–H groups in total. The van der Waals surface area contributed by atoms with Crippen molar-refractivity contribution in [3.8, 4) is 0 Å². The average Bonchev–Trinajstić information content (AvgIpc) is 2.61. The number of aryl methyl sites for hydroxylation is 2. The number of nitrogens with one attached hydrogen (secondary N) is 1. The van der Waals surface area contributed by atoms with Crippen molar-refractivity contribution in [1.29, 1.82) is 0 Å². The summed E-state index contributed by atoms with van der Waals surface area (Å²) < 4.78 is 1.96. The molecule has 1 unspecified atom stereocenters. The van der Waals surface area contributed by atoms with Gasteiger partial charge in [0.2, 0.25) is 0 Å². The first-order valence-electron chi connectivity index (χ1n) is 8.09. The predicted molar refractivity (Wildman–Crippen MR) is 92.0 cm³/mol. The van der Waals surface area contributed by atoms with Crippen LogP contribution in [0.1, 0.15) is 59.4 Å². The Morgan fingerprint density at radius 2 is 1.90 bits per heavy atom. The summed E-state index contributed by atoms with van der Waals surface area (Å²) in [5.74, 6) is 1.27. The number of rotatable bonds is 7. The van der Waals surface area contributed by atoms with Crippen LogP contribution in [-0.2, 0) is 19.9 Å². The van der Waals surface area contributed by atoms with Crippen molar-refractivity contribution in [1.82, 2.24) is 15.1 Å². The van der Waals surface area contributed by atoms with E-state index >= 15 is 0 Å². The highest BCUT2D eigenvalue weighted by Crippen LogP contribution is 2.26. The summed E-state index contributed by atoms with van der Waals surface area (Å²) >= 11 is 6.50. The van der Waals surface area contributed by atoms with Gasteiger partial charge in [0.05, 0.1) is 16.4 Å². The van der Waals surface area contributed by atoms with Gasteiger partial charge in [0.15, 0.2) is 0 Å². The van der Waals surface area contributed by atoms with E-state index in [1.54, 1.807) is 0 Å². The van der Waals surface area contributed by atoms with Crippen LogP contribution >= 0.6 is 11.6 Å². The van der Waals surface area contributed by atoms with E-state index in [2.05, 4.69) is 52.0 Å². The molecule has 1 heterocycles. The molecule has 21 heavy (non-hydrogen) atoms. The lowest BCUT2D eigenvalue weighted by atomic mass is 9.91. The normalized spacial score (nSPS) is 14.0. The summed E-state index contributed by atoms with van der Waals surface area (Å²) in [5, 5.41) is 9.03. The Balaban J connectivity index is 2.83. The van der Waals surface area contributed by atoms with Gasteiger partial charge in [-0.15, -0.1) is 0 Å². The van der Waals surface area contributed by atoms with Crippen molar-refractivity contribution in [3.05, 3.63) is 16.4 Å². The second-order valence-corrected chi connectivity index (χ2v) is 7.89. The van der Waals surface area contributed by atoms with E-state index in [0.717, 1.165) is 30.1 Å². The summed E-state index contributed by atoms with van der Waals surface area (Å²) in [6.07, 6.45) is 3.08. The van der Waals surface area contributed by atoms with Crippen LogP contribution in [0.25, 0.3) is 0 Å². The van der Waals surface area contributed by atoms with Crippen molar-refractivity contribution in [3.63, 3.8) is 0 Å². The van der Waals surface area contributed by atoms with Crippen molar-refractivity contribution < 1.29 is 0 Å². The highest BCUT2D eigenvalue weighted by molar-refractivity contribution is 6.31. The summed E-state index contributed by atoms with van der Waals surface area (Å²) in [5.41, 5.74) is 2.34. The molecule has 1 aromatic heterocycles. The monoisotopic (exact) mass is 313 g/mol. The van der Waals surface area contributed by atoms with Gasteiger partial charge in [-0.05, 0) is 58.4 Å². The summed E-state index contributed by atoms with van der Waals surface area (Å²) in [6.45, 7) is 14.3. The van der Waals surface area contributed by atoms with Crippen LogP contribution in [0, 0.1) is 11.8 Å². The third-order valence-corrected chi connectivity index (χ3v) is 4.15. The van der Waals surface area contributed by atoms with Crippen LogP contribution in [0.4, 0.5) is 0 Å². The zero-order valence-corrected chi connectivity index (χ0v) is 15.5. The largest absolute Gasteiger partial charge is 0.312 e. The van der Waals surface area contributed by atoms with Crippen LogP contribution < -0.4 is 5.32 Å². The van der Waals surface area contributed by atoms with Crippen molar-refractivity contribution in [2.24, 2.45) is 18.9 Å². The maximum atomic E-state index is 6.50. The summed E-state index contributed by atoms with van der Waals surface area (Å²) in [4.78, 5) is 0. The molecular formula is C17H32ClN3. The number of hydrogen-bond donors (Lipinski definition) is 1. The number of nitrogens with zero attached hydrogens (tertiary/aromatic N) is 2. The zero-order chi connectivity index (χ0) is 16.2. The molecule has 4 heteroatoms. The number of aromatic nitrogens is 2. The maximum Gasteiger partial charge on any atom is 0.0849 e. The molecule has 0 radical (unpaired) electrons. The first kappa shape index (κ1) is 18.5. The molecule has 1 rings (SSSR count). The van der Waals surface area contributed by atoms with E-state index < -0.39 is 0 Å². The molecule has 0 bridgehead atoms. The van der Waals surface area contributed by atoms with Gasteiger partial charge < -0.3 is 5.32 Å². The molecular weight excluding hydrogens is 282 g/mol. The third kappa shape index (κ3) is 5.99. The molecule has 0 spiro atoms. The predicted octanol–water partition coefficient (Wildman–Crippen LogP) is 4.23. The summed E-state index contributed by atoms with van der Waals surface area (Å²) in [7, 11) is 2.00. The van der Waals surface area contributed by atoms with Crippen LogP contribution in [0.15, 0.2) is 0 Å². The van der Waals surface area contributed by atoms with Crippen LogP contribution in [0.5, 0.6) is 0 Å². The average molecular weight is 314 g/mol. The fourth-order valence-electron chi connectivity index (χ4n) is 2.67. The molecule has 0 amide bonds. The van der Waals surface area contributed by atoms with Gasteiger partial charge in [0, 0.05) is 12.6 Å². The standard InChI is InChI=1S/C17H32ClN3/c1-8-14-16(18)15(21(7)20-14)10-13(9-12(2)3)11-19-17(4,5)6/h12-13,19H,8-11H2,1-7H3. The van der Waals surface area contributed by atoms with Crippen molar-refractivity contribution >= 4 is 11.6 Å². The van der Waals surface area contributed by atoms with E-state index in [1.807, 2.05) is 11.7 Å². The second-order valence-electron chi connectivity index (χ2n) is 7.52. The molecule has 0 aliphatic heterocycles. The minimum Gasteiger partial charge on any atom is -0.312 e. The fourth-order valence-corrected chi connectivity index (χ4v) is 3.04. The van der Waals surface area contributed by atoms with Crippen LogP contribution in [0.2, 0.25) is 5.02 Å². The summed E-state index contributed by atoms with van der Waals surface area (Å²) in [6, 6.07) is 0. The smallest absolute Gasteiger partial charge is 0.0849 e. The number of halogens is 1. The van der Waals surface area contributed by atoms with E-state index in [9.17, 15) is 0 Å². The van der Waals surface area contributed by atoms with Gasteiger partial charge in [0.1, 0.15) is 0 Å². The Morgan fingerprint density at radius 3 is 2.33 bits per heavy atom. The fraction of sp³-hybridized carbons (Fsp3) is 0.824. The molecule has 0 aliphatic rings. The second kappa shape index (κ2) is 7.64. The molecule has 0 fully saturated rings. The Labute approximate surface area is 135 Å². The first-order valence-corrected chi connectivity index (χ1v) is 8.47. The Morgan fingerprint density at radius 1 is 1.29 bits per heavy atom. The lowest BCUT2D eigenvalue weighted by Gasteiger charge is -2.26. The van der Waals surface area contributed by atoms with Gasteiger partial charge in [-0.2, -0.15) is 5.10 Å². The molecule has 3 nitrogen and oxygen atoms in total. The maximum absolute atomic E-state index is 6.50. The highest BCUT2D eigenvalue weighted by atomic mass is 35.5. The van der Waals surface area contributed by atoms with E-state index in [-0.39, 0.29) is 5.54 Å². The van der Waals surface area contributed by atoms with Crippen LogP contribution in [0.3, 0.4) is 0 Å².